The zero-order chi connectivity index (χ0) is 41.8. The molecule has 0 N–H and O–H groups in total. The lowest BCUT2D eigenvalue weighted by Gasteiger charge is -2.22. The molecule has 0 amide bonds. The van der Waals surface area contributed by atoms with Crippen LogP contribution in [0.4, 0.5) is 0 Å². The molecular weight excluding hydrogens is 769 g/mol. The maximum Gasteiger partial charge on any atom is 0.238 e. The lowest BCUT2D eigenvalue weighted by molar-refractivity contribution is 0.661. The van der Waals surface area contributed by atoms with Crippen LogP contribution in [0.15, 0.2) is 199 Å². The first-order chi connectivity index (χ1) is 31.0. The minimum absolute atomic E-state index is 0.190. The van der Waals surface area contributed by atoms with E-state index in [-0.39, 0.29) is 5.41 Å². The predicted octanol–water partition coefficient (Wildman–Crippen LogP) is 15.0. The Labute approximate surface area is 363 Å². The first kappa shape index (κ1) is 35.6. The molecule has 0 saturated heterocycles. The summed E-state index contributed by atoms with van der Waals surface area (Å²) in [5, 5.41) is 6.95. The van der Waals surface area contributed by atoms with E-state index in [4.69, 9.17) is 19.4 Å². The first-order valence-electron chi connectivity index (χ1n) is 21.5. The highest BCUT2D eigenvalue weighted by Crippen LogP contribution is 2.52. The molecule has 3 heterocycles. The van der Waals surface area contributed by atoms with Crippen molar-refractivity contribution in [1.29, 1.82) is 0 Å². The van der Waals surface area contributed by atoms with Crippen molar-refractivity contribution >= 4 is 54.5 Å². The van der Waals surface area contributed by atoms with Crippen molar-refractivity contribution in [3.8, 4) is 62.1 Å². The Bertz CT molecular complexity index is 3820. The summed E-state index contributed by atoms with van der Waals surface area (Å²) in [5.41, 5.74) is 15.2. The summed E-state index contributed by atoms with van der Waals surface area (Å²) < 4.78 is 8.63. The standard InChI is InChI=1S/C58H38N4O/c1-58(2)48-30-26-36-16-9-10-19-41(36)53(48)46-29-24-39(33-49(46)58)42-21-13-22-45-47-32-38(35-14-5-3-6-15-35)27-31-50(47)62(54(42)45)57-60-55(37-17-7-4-8-18-37)59-56(61-57)40-25-28-44-43-20-11-12-23-51(43)63-52(44)34-40/h3-34H,1-2H3. The molecule has 0 saturated carbocycles. The maximum atomic E-state index is 6.37. The third-order valence-corrected chi connectivity index (χ3v) is 13.3. The van der Waals surface area contributed by atoms with Crippen LogP contribution in [0, 0.1) is 0 Å². The number of fused-ring (bicyclic) bond motifs is 11. The predicted molar refractivity (Wildman–Crippen MR) is 258 cm³/mol. The molecule has 0 radical (unpaired) electrons. The van der Waals surface area contributed by atoms with Crippen LogP contribution in [-0.4, -0.2) is 19.5 Å². The van der Waals surface area contributed by atoms with Crippen molar-refractivity contribution < 1.29 is 4.42 Å². The van der Waals surface area contributed by atoms with Crippen molar-refractivity contribution in [3.63, 3.8) is 0 Å². The van der Waals surface area contributed by atoms with Crippen LogP contribution < -0.4 is 0 Å². The molecule has 0 fully saturated rings. The number of para-hydroxylation sites is 2. The summed E-state index contributed by atoms with van der Waals surface area (Å²) in [6, 6.07) is 69.0. The summed E-state index contributed by atoms with van der Waals surface area (Å²) in [5.74, 6) is 1.71. The molecule has 0 spiro atoms. The van der Waals surface area contributed by atoms with Crippen LogP contribution in [0.5, 0.6) is 0 Å². The smallest absolute Gasteiger partial charge is 0.238 e. The van der Waals surface area contributed by atoms with Crippen LogP contribution in [0.3, 0.4) is 0 Å². The Morgan fingerprint density at radius 1 is 0.413 bits per heavy atom. The number of aromatic nitrogens is 4. The van der Waals surface area contributed by atoms with E-state index in [1.165, 1.54) is 38.6 Å². The normalized spacial score (nSPS) is 13.0. The second kappa shape index (κ2) is 13.4. The van der Waals surface area contributed by atoms with Gasteiger partial charge >= 0.3 is 0 Å². The molecule has 0 aliphatic heterocycles. The average Bonchev–Trinajstić information content (AvgIpc) is 3.96. The minimum atomic E-state index is -0.190. The molecule has 0 atom stereocenters. The maximum absolute atomic E-state index is 6.37. The Kier molecular flexibility index (Phi) is 7.58. The van der Waals surface area contributed by atoms with E-state index in [0.717, 1.165) is 71.6 Å². The SMILES string of the molecule is CC1(C)c2cc(-c3cccc4c5cc(-c6ccccc6)ccc5n(-c5nc(-c6ccccc6)nc(-c6ccc7c(c6)oc6ccccc67)n5)c34)ccc2-c2c1ccc1ccccc21. The van der Waals surface area contributed by atoms with Crippen LogP contribution in [0.2, 0.25) is 0 Å². The third-order valence-electron chi connectivity index (χ3n) is 13.3. The number of hydrogen-bond acceptors (Lipinski definition) is 4. The molecule has 0 unspecified atom stereocenters. The summed E-state index contributed by atoms with van der Waals surface area (Å²) in [4.78, 5) is 15.9. The molecule has 1 aliphatic carbocycles. The van der Waals surface area contributed by atoms with E-state index < -0.39 is 0 Å². The van der Waals surface area contributed by atoms with Crippen molar-refractivity contribution in [3.05, 3.63) is 205 Å². The fourth-order valence-electron chi connectivity index (χ4n) is 10.2. The number of nitrogens with zero attached hydrogens (tertiary/aromatic N) is 4. The fourth-order valence-corrected chi connectivity index (χ4v) is 10.2. The lowest BCUT2D eigenvalue weighted by Crippen LogP contribution is -2.15. The molecule has 9 aromatic carbocycles. The topological polar surface area (TPSA) is 56.7 Å². The summed E-state index contributed by atoms with van der Waals surface area (Å²) in [6.07, 6.45) is 0. The number of hydrogen-bond donors (Lipinski definition) is 0. The van der Waals surface area contributed by atoms with E-state index in [9.17, 15) is 0 Å². The summed E-state index contributed by atoms with van der Waals surface area (Å²) in [6.45, 7) is 4.72. The van der Waals surface area contributed by atoms with Gasteiger partial charge in [-0.15, -0.1) is 0 Å². The van der Waals surface area contributed by atoms with Crippen LogP contribution in [-0.2, 0) is 5.41 Å². The Morgan fingerprint density at radius 3 is 1.94 bits per heavy atom. The van der Waals surface area contributed by atoms with Gasteiger partial charge in [-0.3, -0.25) is 4.57 Å². The molecule has 12 aromatic rings. The molecule has 1 aliphatic rings. The highest BCUT2D eigenvalue weighted by atomic mass is 16.3. The van der Waals surface area contributed by atoms with Crippen LogP contribution in [0.25, 0.3) is 117 Å². The monoisotopic (exact) mass is 806 g/mol. The van der Waals surface area contributed by atoms with Gasteiger partial charge in [0.2, 0.25) is 5.95 Å². The van der Waals surface area contributed by atoms with Crippen molar-refractivity contribution in [2.75, 3.05) is 0 Å². The van der Waals surface area contributed by atoms with Gasteiger partial charge < -0.3 is 4.42 Å². The van der Waals surface area contributed by atoms with Crippen molar-refractivity contribution in [1.82, 2.24) is 19.5 Å². The molecule has 63 heavy (non-hydrogen) atoms. The highest BCUT2D eigenvalue weighted by Gasteiger charge is 2.37. The van der Waals surface area contributed by atoms with Gasteiger partial charge in [0, 0.05) is 43.7 Å². The van der Waals surface area contributed by atoms with Gasteiger partial charge in [0.25, 0.3) is 0 Å². The summed E-state index contributed by atoms with van der Waals surface area (Å²) in [7, 11) is 0. The zero-order valence-corrected chi connectivity index (χ0v) is 34.7. The quantitative estimate of drug-likeness (QED) is 0.174. The average molecular weight is 807 g/mol. The minimum Gasteiger partial charge on any atom is -0.456 e. The van der Waals surface area contributed by atoms with E-state index >= 15 is 0 Å². The number of furan rings is 1. The molecule has 0 bridgehead atoms. The second-order valence-corrected chi connectivity index (χ2v) is 17.2. The largest absolute Gasteiger partial charge is 0.456 e. The Hall–Kier alpha value is -8.15. The molecule has 13 rings (SSSR count). The van der Waals surface area contributed by atoms with Gasteiger partial charge in [-0.25, -0.2) is 4.98 Å². The fraction of sp³-hybridized carbons (Fsp3) is 0.0517. The van der Waals surface area contributed by atoms with E-state index in [2.05, 4.69) is 176 Å². The van der Waals surface area contributed by atoms with Gasteiger partial charge in [0.15, 0.2) is 11.6 Å². The summed E-state index contributed by atoms with van der Waals surface area (Å²) >= 11 is 0. The van der Waals surface area contributed by atoms with Gasteiger partial charge in [0.1, 0.15) is 11.2 Å². The van der Waals surface area contributed by atoms with E-state index in [0.29, 0.717) is 17.6 Å². The highest BCUT2D eigenvalue weighted by molar-refractivity contribution is 6.15. The number of rotatable bonds is 5. The Balaban J connectivity index is 1.08. The van der Waals surface area contributed by atoms with Gasteiger partial charge in [-0.05, 0) is 86.1 Å². The van der Waals surface area contributed by atoms with E-state index in [1.54, 1.807) is 0 Å². The lowest BCUT2D eigenvalue weighted by atomic mass is 9.81. The number of benzene rings is 9. The molecule has 5 nitrogen and oxygen atoms in total. The molecule has 5 heteroatoms. The first-order valence-corrected chi connectivity index (χ1v) is 21.5. The molecule has 296 valence electrons. The van der Waals surface area contributed by atoms with Crippen LogP contribution >= 0.6 is 0 Å². The van der Waals surface area contributed by atoms with E-state index in [1.807, 2.05) is 36.4 Å². The Morgan fingerprint density at radius 2 is 1.10 bits per heavy atom. The second-order valence-electron chi connectivity index (χ2n) is 17.2. The van der Waals surface area contributed by atoms with Gasteiger partial charge in [0.05, 0.1) is 11.0 Å². The zero-order valence-electron chi connectivity index (χ0n) is 34.7. The third kappa shape index (κ3) is 5.39. The molecule has 3 aromatic heterocycles. The van der Waals surface area contributed by atoms with Crippen LogP contribution in [0.1, 0.15) is 25.0 Å². The van der Waals surface area contributed by atoms with Crippen molar-refractivity contribution in [2.24, 2.45) is 0 Å². The molecular formula is C58H38N4O. The van der Waals surface area contributed by atoms with Gasteiger partial charge in [-0.1, -0.05) is 172 Å². The van der Waals surface area contributed by atoms with Crippen molar-refractivity contribution in [2.45, 2.75) is 19.3 Å². The van der Waals surface area contributed by atoms with Gasteiger partial charge in [-0.2, -0.15) is 9.97 Å².